The summed E-state index contributed by atoms with van der Waals surface area (Å²) in [6, 6.07) is 13.3. The van der Waals surface area contributed by atoms with Crippen LogP contribution in [0.3, 0.4) is 0 Å². The molecule has 1 amide bonds. The molecule has 2 saturated heterocycles. The summed E-state index contributed by atoms with van der Waals surface area (Å²) < 4.78 is 5.43. The summed E-state index contributed by atoms with van der Waals surface area (Å²) >= 11 is 0. The highest BCUT2D eigenvalue weighted by Gasteiger charge is 2.23. The fourth-order valence-corrected chi connectivity index (χ4v) is 4.39. The molecule has 7 heteroatoms. The smallest absolute Gasteiger partial charge is 0.267 e. The lowest BCUT2D eigenvalue weighted by Crippen LogP contribution is -2.32. The molecule has 0 saturated carbocycles. The summed E-state index contributed by atoms with van der Waals surface area (Å²) in [6.45, 7) is 10.4. The predicted octanol–water partition coefficient (Wildman–Crippen LogP) is 4.65. The van der Waals surface area contributed by atoms with Crippen molar-refractivity contribution in [2.45, 2.75) is 70.7 Å². The highest BCUT2D eigenvalue weighted by atomic mass is 16.8. The molecule has 7 nitrogen and oxygen atoms in total. The zero-order chi connectivity index (χ0) is 24.7. The van der Waals surface area contributed by atoms with Crippen molar-refractivity contribution in [2.24, 2.45) is 0 Å². The van der Waals surface area contributed by atoms with Crippen LogP contribution in [-0.2, 0) is 26.3 Å². The van der Waals surface area contributed by atoms with Crippen molar-refractivity contribution in [3.05, 3.63) is 65.4 Å². The van der Waals surface area contributed by atoms with Crippen molar-refractivity contribution in [1.29, 1.82) is 0 Å². The SMILES string of the molecule is CC(C)(C)c1ccc(CN2CC[C@@H](Nc3ccc(C=CC(=O)NOC4CCCCO4)cn3)C2)cc1. The number of hydrogen-bond acceptors (Lipinski definition) is 6. The number of nitrogens with one attached hydrogen (secondary N) is 2. The number of likely N-dealkylation sites (tertiary alicyclic amines) is 1. The van der Waals surface area contributed by atoms with Crippen LogP contribution in [0.4, 0.5) is 5.82 Å². The summed E-state index contributed by atoms with van der Waals surface area (Å²) in [4.78, 5) is 24.3. The zero-order valence-corrected chi connectivity index (χ0v) is 21.1. The maximum atomic E-state index is 12.0. The minimum absolute atomic E-state index is 0.185. The van der Waals surface area contributed by atoms with E-state index in [1.54, 1.807) is 12.3 Å². The lowest BCUT2D eigenvalue weighted by atomic mass is 9.87. The third-order valence-corrected chi connectivity index (χ3v) is 6.49. The second-order valence-corrected chi connectivity index (χ2v) is 10.5. The molecule has 1 aromatic carbocycles. The second-order valence-electron chi connectivity index (χ2n) is 10.5. The van der Waals surface area contributed by atoms with E-state index in [1.807, 2.05) is 12.1 Å². The first kappa shape index (κ1) is 25.4. The average Bonchev–Trinajstić information content (AvgIpc) is 3.29. The van der Waals surface area contributed by atoms with E-state index >= 15 is 0 Å². The van der Waals surface area contributed by atoms with Crippen LogP contribution in [0, 0.1) is 0 Å². The Labute approximate surface area is 208 Å². The molecule has 2 aromatic rings. The van der Waals surface area contributed by atoms with Crippen LogP contribution >= 0.6 is 0 Å². The largest absolute Gasteiger partial charge is 0.366 e. The first-order valence-electron chi connectivity index (χ1n) is 12.6. The van der Waals surface area contributed by atoms with Gasteiger partial charge in [-0.05, 0) is 59.6 Å². The normalized spacial score (nSPS) is 21.3. The number of rotatable bonds is 8. The zero-order valence-electron chi connectivity index (χ0n) is 21.1. The standard InChI is InChI=1S/C28H38N4O3/c1-28(2,3)23-11-7-22(8-12-23)19-32-16-15-24(20-32)30-25-13-9-21(18-29-25)10-14-26(33)31-35-27-6-4-5-17-34-27/h7-14,18,24,27H,4-6,15-17,19-20H2,1-3H3,(H,29,30)(H,31,33)/t24-,27?/m1/s1. The van der Waals surface area contributed by atoms with Gasteiger partial charge < -0.3 is 10.1 Å². The van der Waals surface area contributed by atoms with Crippen LogP contribution in [-0.4, -0.2) is 47.8 Å². The Kier molecular flexibility index (Phi) is 8.55. The molecule has 2 N–H and O–H groups in total. The number of carbonyl (C=O) groups excluding carboxylic acids is 1. The molecule has 2 fully saturated rings. The molecule has 0 bridgehead atoms. The van der Waals surface area contributed by atoms with Gasteiger partial charge in [0.05, 0.1) is 0 Å². The Morgan fingerprint density at radius 3 is 2.69 bits per heavy atom. The van der Waals surface area contributed by atoms with E-state index in [0.29, 0.717) is 12.6 Å². The summed E-state index contributed by atoms with van der Waals surface area (Å²) in [5, 5.41) is 3.54. The third-order valence-electron chi connectivity index (χ3n) is 6.49. The number of anilines is 1. The molecule has 0 radical (unpaired) electrons. The average molecular weight is 479 g/mol. The number of ether oxygens (including phenoxy) is 1. The number of amides is 1. The van der Waals surface area contributed by atoms with Crippen LogP contribution in [0.5, 0.6) is 0 Å². The molecular formula is C28H38N4O3. The van der Waals surface area contributed by atoms with Gasteiger partial charge in [-0.25, -0.2) is 15.3 Å². The van der Waals surface area contributed by atoms with E-state index in [2.05, 4.69) is 65.7 Å². The molecular weight excluding hydrogens is 440 g/mol. The topological polar surface area (TPSA) is 75.7 Å². The van der Waals surface area contributed by atoms with Gasteiger partial charge in [0.1, 0.15) is 5.82 Å². The highest BCUT2D eigenvalue weighted by molar-refractivity contribution is 5.90. The molecule has 4 rings (SSSR count). The van der Waals surface area contributed by atoms with Crippen LogP contribution in [0.1, 0.15) is 63.1 Å². The Morgan fingerprint density at radius 2 is 2.00 bits per heavy atom. The van der Waals surface area contributed by atoms with Gasteiger partial charge in [0.2, 0.25) is 0 Å². The maximum Gasteiger partial charge on any atom is 0.267 e. The van der Waals surface area contributed by atoms with E-state index < -0.39 is 0 Å². The molecule has 1 aromatic heterocycles. The van der Waals surface area contributed by atoms with E-state index in [0.717, 1.165) is 56.7 Å². The molecule has 3 heterocycles. The van der Waals surface area contributed by atoms with Gasteiger partial charge in [-0.3, -0.25) is 9.69 Å². The Hall–Kier alpha value is -2.74. The quantitative estimate of drug-likeness (QED) is 0.425. The fourth-order valence-electron chi connectivity index (χ4n) is 4.39. The maximum absolute atomic E-state index is 12.0. The number of pyridine rings is 1. The number of hydroxylamine groups is 1. The van der Waals surface area contributed by atoms with Crippen LogP contribution < -0.4 is 10.8 Å². The summed E-state index contributed by atoms with van der Waals surface area (Å²) in [6.07, 6.45) is 8.55. The lowest BCUT2D eigenvalue weighted by Gasteiger charge is -2.21. The first-order valence-corrected chi connectivity index (χ1v) is 12.6. The highest BCUT2D eigenvalue weighted by Crippen LogP contribution is 2.23. The second kappa shape index (κ2) is 11.8. The molecule has 35 heavy (non-hydrogen) atoms. The third kappa shape index (κ3) is 7.88. The van der Waals surface area contributed by atoms with E-state index in [4.69, 9.17) is 9.57 Å². The van der Waals surface area contributed by atoms with Crippen molar-refractivity contribution < 1.29 is 14.4 Å². The van der Waals surface area contributed by atoms with E-state index in [9.17, 15) is 4.79 Å². The van der Waals surface area contributed by atoms with Crippen LogP contribution in [0.15, 0.2) is 48.7 Å². The fraction of sp³-hybridized carbons (Fsp3) is 0.500. The molecule has 2 aliphatic rings. The van der Waals surface area contributed by atoms with Crippen molar-refractivity contribution in [1.82, 2.24) is 15.4 Å². The summed E-state index contributed by atoms with van der Waals surface area (Å²) in [7, 11) is 0. The Balaban J connectivity index is 1.19. The number of nitrogens with zero attached hydrogens (tertiary/aromatic N) is 2. The summed E-state index contributed by atoms with van der Waals surface area (Å²) in [5.41, 5.74) is 6.19. The number of benzene rings is 1. The van der Waals surface area contributed by atoms with Crippen molar-refractivity contribution in [2.75, 3.05) is 25.0 Å². The predicted molar refractivity (Wildman–Crippen MR) is 139 cm³/mol. The molecule has 2 aliphatic heterocycles. The Morgan fingerprint density at radius 1 is 1.17 bits per heavy atom. The van der Waals surface area contributed by atoms with Gasteiger partial charge in [-0.15, -0.1) is 0 Å². The van der Waals surface area contributed by atoms with Gasteiger partial charge in [0.25, 0.3) is 5.91 Å². The Bertz CT molecular complexity index is 977. The summed E-state index contributed by atoms with van der Waals surface area (Å²) in [5.74, 6) is 0.534. The minimum atomic E-state index is -0.353. The molecule has 188 valence electrons. The molecule has 2 atom stereocenters. The first-order chi connectivity index (χ1) is 16.8. The van der Waals surface area contributed by atoms with Gasteiger partial charge in [0, 0.05) is 51.0 Å². The van der Waals surface area contributed by atoms with Gasteiger partial charge in [-0.2, -0.15) is 0 Å². The number of hydrogen-bond donors (Lipinski definition) is 2. The van der Waals surface area contributed by atoms with Crippen molar-refractivity contribution >= 4 is 17.8 Å². The molecule has 0 spiro atoms. The van der Waals surface area contributed by atoms with E-state index in [-0.39, 0.29) is 17.6 Å². The number of carbonyl (C=O) groups is 1. The van der Waals surface area contributed by atoms with Gasteiger partial charge in [-0.1, -0.05) is 45.0 Å². The van der Waals surface area contributed by atoms with Gasteiger partial charge in [0.15, 0.2) is 6.29 Å². The molecule has 0 aliphatic carbocycles. The molecule has 1 unspecified atom stereocenters. The monoisotopic (exact) mass is 478 g/mol. The van der Waals surface area contributed by atoms with Gasteiger partial charge >= 0.3 is 0 Å². The van der Waals surface area contributed by atoms with E-state index in [1.165, 1.54) is 17.2 Å². The lowest BCUT2D eigenvalue weighted by molar-refractivity contribution is -0.198. The van der Waals surface area contributed by atoms with Crippen LogP contribution in [0.2, 0.25) is 0 Å². The van der Waals surface area contributed by atoms with Crippen LogP contribution in [0.25, 0.3) is 6.08 Å². The van der Waals surface area contributed by atoms with Crippen molar-refractivity contribution in [3.8, 4) is 0 Å². The number of aromatic nitrogens is 1. The van der Waals surface area contributed by atoms with Crippen molar-refractivity contribution in [3.63, 3.8) is 0 Å². The minimum Gasteiger partial charge on any atom is -0.366 e.